The highest BCUT2D eigenvalue weighted by Gasteiger charge is 2.37. The average Bonchev–Trinajstić information content (AvgIpc) is 2.20. The van der Waals surface area contributed by atoms with Crippen molar-refractivity contribution in [3.63, 3.8) is 0 Å². The highest BCUT2D eigenvalue weighted by Crippen LogP contribution is 2.33. The molecule has 1 aromatic carbocycles. The molecule has 0 saturated carbocycles. The maximum absolute atomic E-state index is 11.8. The molecular weight excluding hydrogens is 311 g/mol. The molecule has 2 rings (SSSR count). The number of carbonyl (C=O) groups excluding carboxylic acids is 1. The van der Waals surface area contributed by atoms with Crippen LogP contribution < -0.4 is 5.32 Å². The Hall–Kier alpha value is -0.520. The first kappa shape index (κ1) is 14.9. The number of rotatable bonds is 3. The van der Waals surface area contributed by atoms with E-state index >= 15 is 0 Å². The van der Waals surface area contributed by atoms with E-state index in [1.54, 1.807) is 6.92 Å². The van der Waals surface area contributed by atoms with Crippen molar-refractivity contribution < 1.29 is 9.90 Å². The third-order valence-corrected chi connectivity index (χ3v) is 3.58. The number of nitrogens with zero attached hydrogens (tertiary/aromatic N) is 1. The SMILES string of the molecule is CC1(O)CN(CC(=O)Nc2c(Cl)cc(Cl)cc2Cl)C1. The van der Waals surface area contributed by atoms with Crippen LogP contribution in [0.2, 0.25) is 15.1 Å². The Labute approximate surface area is 126 Å². The molecule has 7 heteroatoms. The Morgan fingerprint density at radius 2 is 1.89 bits per heavy atom. The predicted octanol–water partition coefficient (Wildman–Crippen LogP) is 2.65. The largest absolute Gasteiger partial charge is 0.388 e. The molecule has 1 amide bonds. The quantitative estimate of drug-likeness (QED) is 0.899. The van der Waals surface area contributed by atoms with Crippen LogP contribution in [-0.4, -0.2) is 41.1 Å². The zero-order chi connectivity index (χ0) is 14.2. The number of aliphatic hydroxyl groups is 1. The molecule has 1 aliphatic heterocycles. The number of β-amino-alcohol motifs (C(OH)–C–C–N with tert-alkyl or cyclic N) is 1. The van der Waals surface area contributed by atoms with Gasteiger partial charge in [0.2, 0.25) is 5.91 Å². The molecule has 1 aliphatic rings. The van der Waals surface area contributed by atoms with Gasteiger partial charge in [0.15, 0.2) is 0 Å². The van der Waals surface area contributed by atoms with E-state index in [-0.39, 0.29) is 12.5 Å². The summed E-state index contributed by atoms with van der Waals surface area (Å²) in [5, 5.41) is 13.2. The van der Waals surface area contributed by atoms with Crippen molar-refractivity contribution in [1.82, 2.24) is 4.90 Å². The highest BCUT2D eigenvalue weighted by molar-refractivity contribution is 6.42. The summed E-state index contributed by atoms with van der Waals surface area (Å²) in [6.07, 6.45) is 0. The van der Waals surface area contributed by atoms with Gasteiger partial charge in [0.25, 0.3) is 0 Å². The van der Waals surface area contributed by atoms with Crippen LogP contribution in [0, 0.1) is 0 Å². The number of halogens is 3. The van der Waals surface area contributed by atoms with E-state index in [1.165, 1.54) is 12.1 Å². The predicted molar refractivity (Wildman–Crippen MR) is 77.2 cm³/mol. The minimum Gasteiger partial charge on any atom is -0.388 e. The number of anilines is 1. The zero-order valence-corrected chi connectivity index (χ0v) is 12.5. The van der Waals surface area contributed by atoms with Crippen molar-refractivity contribution in [2.45, 2.75) is 12.5 Å². The molecule has 0 aliphatic carbocycles. The fraction of sp³-hybridized carbons (Fsp3) is 0.417. The van der Waals surface area contributed by atoms with Gasteiger partial charge in [0.1, 0.15) is 0 Å². The molecule has 0 spiro atoms. The summed E-state index contributed by atoms with van der Waals surface area (Å²) in [7, 11) is 0. The average molecular weight is 324 g/mol. The summed E-state index contributed by atoms with van der Waals surface area (Å²) in [5.74, 6) is -0.235. The fourth-order valence-corrected chi connectivity index (χ4v) is 2.98. The first-order valence-electron chi connectivity index (χ1n) is 5.66. The van der Waals surface area contributed by atoms with Gasteiger partial charge in [-0.3, -0.25) is 9.69 Å². The van der Waals surface area contributed by atoms with E-state index in [0.717, 1.165) is 0 Å². The lowest BCUT2D eigenvalue weighted by Gasteiger charge is -2.43. The molecular formula is C12H13Cl3N2O2. The Kier molecular flexibility index (Phi) is 4.28. The van der Waals surface area contributed by atoms with Crippen molar-refractivity contribution in [1.29, 1.82) is 0 Å². The summed E-state index contributed by atoms with van der Waals surface area (Å²) in [6.45, 7) is 2.87. The van der Waals surface area contributed by atoms with Crippen LogP contribution in [0.25, 0.3) is 0 Å². The third kappa shape index (κ3) is 3.74. The summed E-state index contributed by atoms with van der Waals surface area (Å²) in [5.41, 5.74) is -0.347. The zero-order valence-electron chi connectivity index (χ0n) is 10.2. The first-order chi connectivity index (χ1) is 8.77. The minimum atomic E-state index is -0.699. The van der Waals surface area contributed by atoms with Crippen molar-refractivity contribution in [3.05, 3.63) is 27.2 Å². The molecule has 4 nitrogen and oxygen atoms in total. The van der Waals surface area contributed by atoms with Gasteiger partial charge in [-0.15, -0.1) is 0 Å². The van der Waals surface area contributed by atoms with Crippen molar-refractivity contribution in [2.24, 2.45) is 0 Å². The number of likely N-dealkylation sites (tertiary alicyclic amines) is 1. The topological polar surface area (TPSA) is 52.6 Å². The smallest absolute Gasteiger partial charge is 0.238 e. The van der Waals surface area contributed by atoms with Crippen LogP contribution in [0.1, 0.15) is 6.92 Å². The second kappa shape index (κ2) is 5.46. The molecule has 2 N–H and O–H groups in total. The molecule has 1 saturated heterocycles. The number of nitrogens with one attached hydrogen (secondary N) is 1. The van der Waals surface area contributed by atoms with Gasteiger partial charge in [-0.05, 0) is 19.1 Å². The lowest BCUT2D eigenvalue weighted by atomic mass is 9.97. The second-order valence-electron chi connectivity index (χ2n) is 4.93. The van der Waals surface area contributed by atoms with E-state index in [4.69, 9.17) is 34.8 Å². The number of carbonyl (C=O) groups is 1. The van der Waals surface area contributed by atoms with Gasteiger partial charge in [0.05, 0.1) is 27.9 Å². The van der Waals surface area contributed by atoms with Crippen LogP contribution in [0.5, 0.6) is 0 Å². The standard InChI is InChI=1S/C12H13Cl3N2O2/c1-12(19)5-17(6-12)4-10(18)16-11-8(14)2-7(13)3-9(11)15/h2-3,19H,4-6H2,1H3,(H,16,18). The molecule has 0 bridgehead atoms. The Morgan fingerprint density at radius 3 is 2.37 bits per heavy atom. The van der Waals surface area contributed by atoms with Crippen LogP contribution in [-0.2, 0) is 4.79 Å². The fourth-order valence-electron chi connectivity index (χ4n) is 2.07. The van der Waals surface area contributed by atoms with Gasteiger partial charge in [-0.2, -0.15) is 0 Å². The van der Waals surface area contributed by atoms with Crippen molar-refractivity contribution in [3.8, 4) is 0 Å². The van der Waals surface area contributed by atoms with E-state index in [9.17, 15) is 9.90 Å². The highest BCUT2D eigenvalue weighted by atomic mass is 35.5. The van der Waals surface area contributed by atoms with Crippen molar-refractivity contribution in [2.75, 3.05) is 25.0 Å². The Bertz CT molecular complexity index is 489. The van der Waals surface area contributed by atoms with Crippen LogP contribution in [0.4, 0.5) is 5.69 Å². The number of hydrogen-bond donors (Lipinski definition) is 2. The van der Waals surface area contributed by atoms with Gasteiger partial charge >= 0.3 is 0 Å². The lowest BCUT2D eigenvalue weighted by molar-refractivity contribution is -0.125. The van der Waals surface area contributed by atoms with Crippen molar-refractivity contribution >= 4 is 46.4 Å². The van der Waals surface area contributed by atoms with Gasteiger partial charge in [-0.1, -0.05) is 34.8 Å². The summed E-state index contributed by atoms with van der Waals surface area (Å²) >= 11 is 17.7. The first-order valence-corrected chi connectivity index (χ1v) is 6.79. The lowest BCUT2D eigenvalue weighted by Crippen LogP contribution is -2.61. The molecule has 0 unspecified atom stereocenters. The van der Waals surface area contributed by atoms with Crippen LogP contribution in [0.3, 0.4) is 0 Å². The Morgan fingerprint density at radius 1 is 1.37 bits per heavy atom. The number of amides is 1. The molecule has 0 aromatic heterocycles. The second-order valence-corrected chi connectivity index (χ2v) is 6.19. The summed E-state index contributed by atoms with van der Waals surface area (Å²) < 4.78 is 0. The van der Waals surface area contributed by atoms with E-state index in [1.807, 2.05) is 4.90 Å². The normalized spacial score (nSPS) is 17.9. The minimum absolute atomic E-state index is 0.186. The van der Waals surface area contributed by atoms with E-state index in [2.05, 4.69) is 5.32 Å². The third-order valence-electron chi connectivity index (χ3n) is 2.77. The van der Waals surface area contributed by atoms with Crippen LogP contribution in [0.15, 0.2) is 12.1 Å². The van der Waals surface area contributed by atoms with E-state index in [0.29, 0.717) is 33.8 Å². The molecule has 1 fully saturated rings. The van der Waals surface area contributed by atoms with Gasteiger partial charge < -0.3 is 10.4 Å². The maximum Gasteiger partial charge on any atom is 0.238 e. The monoisotopic (exact) mass is 322 g/mol. The number of benzene rings is 1. The molecule has 1 aromatic rings. The molecule has 19 heavy (non-hydrogen) atoms. The van der Waals surface area contributed by atoms with Gasteiger partial charge in [-0.25, -0.2) is 0 Å². The molecule has 104 valence electrons. The number of hydrogen-bond acceptors (Lipinski definition) is 3. The molecule has 1 heterocycles. The van der Waals surface area contributed by atoms with Crippen LogP contribution >= 0.6 is 34.8 Å². The Balaban J connectivity index is 1.96. The van der Waals surface area contributed by atoms with E-state index < -0.39 is 5.60 Å². The molecule has 0 atom stereocenters. The maximum atomic E-state index is 11.8. The molecule has 0 radical (unpaired) electrons. The summed E-state index contributed by atoms with van der Waals surface area (Å²) in [4.78, 5) is 13.7. The van der Waals surface area contributed by atoms with Gasteiger partial charge in [0, 0.05) is 18.1 Å². The summed E-state index contributed by atoms with van der Waals surface area (Å²) in [6, 6.07) is 3.03.